The van der Waals surface area contributed by atoms with Gasteiger partial charge >= 0.3 is 0 Å². The molecule has 0 saturated heterocycles. The Morgan fingerprint density at radius 2 is 2.29 bits per heavy atom. The molecule has 14 heavy (non-hydrogen) atoms. The first kappa shape index (κ1) is 9.39. The summed E-state index contributed by atoms with van der Waals surface area (Å²) in [4.78, 5) is 4.14. The van der Waals surface area contributed by atoms with Crippen LogP contribution < -0.4 is 0 Å². The van der Waals surface area contributed by atoms with E-state index >= 15 is 0 Å². The van der Waals surface area contributed by atoms with E-state index in [4.69, 9.17) is 0 Å². The predicted molar refractivity (Wildman–Crippen MR) is 54.6 cm³/mol. The van der Waals surface area contributed by atoms with Gasteiger partial charge < -0.3 is 0 Å². The molecular formula is C8H10BrN5. The van der Waals surface area contributed by atoms with Crippen LogP contribution in [0, 0.1) is 0 Å². The van der Waals surface area contributed by atoms with Crippen molar-refractivity contribution in [3.05, 3.63) is 29.0 Å². The maximum atomic E-state index is 4.20. The maximum Gasteiger partial charge on any atom is 0.152 e. The van der Waals surface area contributed by atoms with E-state index in [9.17, 15) is 0 Å². The van der Waals surface area contributed by atoms with Gasteiger partial charge in [0.25, 0.3) is 0 Å². The van der Waals surface area contributed by atoms with E-state index < -0.39 is 0 Å². The Morgan fingerprint density at radius 1 is 1.43 bits per heavy atom. The Bertz CT molecular complexity index is 379. The molecule has 0 amide bonds. The van der Waals surface area contributed by atoms with Crippen LogP contribution in [0.2, 0.25) is 0 Å². The van der Waals surface area contributed by atoms with E-state index in [1.165, 1.54) is 0 Å². The van der Waals surface area contributed by atoms with Gasteiger partial charge in [-0.05, 0) is 22.0 Å². The summed E-state index contributed by atoms with van der Waals surface area (Å²) in [5.41, 5.74) is 0. The quantitative estimate of drug-likeness (QED) is 0.823. The molecule has 0 fully saturated rings. The highest BCUT2D eigenvalue weighted by Gasteiger charge is 2.00. The highest BCUT2D eigenvalue weighted by atomic mass is 79.9. The zero-order valence-electron chi connectivity index (χ0n) is 7.76. The van der Waals surface area contributed by atoms with Gasteiger partial charge in [0.05, 0.1) is 0 Å². The standard InChI is InChI=1S/C8H10BrN5/c1-13-6-10-8(12-13)3-5-14-4-2-7(9)11-14/h2,4,6H,3,5H2,1H3. The first-order valence-corrected chi connectivity index (χ1v) is 5.07. The van der Waals surface area contributed by atoms with Gasteiger partial charge in [-0.2, -0.15) is 10.2 Å². The lowest BCUT2D eigenvalue weighted by Gasteiger charge is -1.96. The second kappa shape index (κ2) is 3.91. The minimum absolute atomic E-state index is 0.801. The lowest BCUT2D eigenvalue weighted by Crippen LogP contribution is -2.03. The minimum Gasteiger partial charge on any atom is -0.271 e. The molecular weight excluding hydrogens is 246 g/mol. The van der Waals surface area contributed by atoms with Gasteiger partial charge in [-0.15, -0.1) is 0 Å². The topological polar surface area (TPSA) is 48.5 Å². The van der Waals surface area contributed by atoms with Crippen molar-refractivity contribution < 1.29 is 0 Å². The van der Waals surface area contributed by atoms with Crippen LogP contribution in [-0.2, 0) is 20.0 Å². The lowest BCUT2D eigenvalue weighted by atomic mass is 10.4. The maximum absolute atomic E-state index is 4.20. The van der Waals surface area contributed by atoms with Gasteiger partial charge in [0.15, 0.2) is 5.82 Å². The van der Waals surface area contributed by atoms with E-state index in [1.54, 1.807) is 11.0 Å². The molecule has 74 valence electrons. The Kier molecular flexibility index (Phi) is 2.62. The SMILES string of the molecule is Cn1cnc(CCn2ccc(Br)n2)n1. The summed E-state index contributed by atoms with van der Waals surface area (Å²) in [5.74, 6) is 0.846. The Balaban J connectivity index is 1.94. The zero-order valence-corrected chi connectivity index (χ0v) is 9.35. The molecule has 0 bridgehead atoms. The van der Waals surface area contributed by atoms with Crippen LogP contribution in [-0.4, -0.2) is 24.5 Å². The van der Waals surface area contributed by atoms with E-state index in [0.29, 0.717) is 0 Å². The number of aryl methyl sites for hydroxylation is 3. The summed E-state index contributed by atoms with van der Waals surface area (Å²) in [6, 6.07) is 1.91. The molecule has 6 heteroatoms. The normalized spacial score (nSPS) is 10.7. The van der Waals surface area contributed by atoms with Crippen molar-refractivity contribution in [3.8, 4) is 0 Å². The van der Waals surface area contributed by atoms with Gasteiger partial charge in [-0.1, -0.05) is 0 Å². The summed E-state index contributed by atoms with van der Waals surface area (Å²) < 4.78 is 4.42. The molecule has 0 aliphatic rings. The van der Waals surface area contributed by atoms with Crippen LogP contribution in [0.15, 0.2) is 23.2 Å². The zero-order chi connectivity index (χ0) is 9.97. The molecule has 0 unspecified atom stereocenters. The molecule has 0 aliphatic heterocycles. The average Bonchev–Trinajstić information content (AvgIpc) is 2.72. The molecule has 0 spiro atoms. The van der Waals surface area contributed by atoms with E-state index in [2.05, 4.69) is 31.1 Å². The molecule has 0 aromatic carbocycles. The number of halogens is 1. The van der Waals surface area contributed by atoms with Crippen LogP contribution >= 0.6 is 15.9 Å². The summed E-state index contributed by atoms with van der Waals surface area (Å²) >= 11 is 3.30. The van der Waals surface area contributed by atoms with Crippen molar-refractivity contribution in [3.63, 3.8) is 0 Å². The van der Waals surface area contributed by atoms with Crippen LogP contribution in [0.1, 0.15) is 5.82 Å². The fraction of sp³-hybridized carbons (Fsp3) is 0.375. The molecule has 2 aromatic heterocycles. The number of nitrogens with zero attached hydrogens (tertiary/aromatic N) is 5. The fourth-order valence-corrected chi connectivity index (χ4v) is 1.50. The molecule has 0 atom stereocenters. The monoisotopic (exact) mass is 255 g/mol. The van der Waals surface area contributed by atoms with Crippen LogP contribution in [0.3, 0.4) is 0 Å². The van der Waals surface area contributed by atoms with Crippen molar-refractivity contribution in [2.75, 3.05) is 0 Å². The van der Waals surface area contributed by atoms with E-state index in [-0.39, 0.29) is 0 Å². The lowest BCUT2D eigenvalue weighted by molar-refractivity contribution is 0.593. The van der Waals surface area contributed by atoms with Gasteiger partial charge in [0.2, 0.25) is 0 Å². The number of aromatic nitrogens is 5. The highest BCUT2D eigenvalue weighted by molar-refractivity contribution is 9.10. The molecule has 0 saturated carbocycles. The van der Waals surface area contributed by atoms with E-state index in [0.717, 1.165) is 23.4 Å². The third kappa shape index (κ3) is 2.20. The number of hydrogen-bond acceptors (Lipinski definition) is 3. The van der Waals surface area contributed by atoms with Gasteiger partial charge in [0.1, 0.15) is 10.9 Å². The second-order valence-electron chi connectivity index (χ2n) is 2.99. The Hall–Kier alpha value is -1.17. The molecule has 0 aliphatic carbocycles. The summed E-state index contributed by atoms with van der Waals surface area (Å²) in [6.07, 6.45) is 4.43. The van der Waals surface area contributed by atoms with E-state index in [1.807, 2.05) is 24.0 Å². The van der Waals surface area contributed by atoms with Crippen molar-refractivity contribution in [2.45, 2.75) is 13.0 Å². The van der Waals surface area contributed by atoms with Crippen LogP contribution in [0.5, 0.6) is 0 Å². The van der Waals surface area contributed by atoms with Crippen molar-refractivity contribution in [1.82, 2.24) is 24.5 Å². The van der Waals surface area contributed by atoms with Crippen molar-refractivity contribution >= 4 is 15.9 Å². The summed E-state index contributed by atoms with van der Waals surface area (Å²) in [5, 5.41) is 8.39. The molecule has 0 radical (unpaired) electrons. The van der Waals surface area contributed by atoms with Gasteiger partial charge in [-0.3, -0.25) is 9.36 Å². The largest absolute Gasteiger partial charge is 0.271 e. The highest BCUT2D eigenvalue weighted by Crippen LogP contribution is 2.04. The van der Waals surface area contributed by atoms with Gasteiger partial charge in [0, 0.05) is 26.2 Å². The first-order chi connectivity index (χ1) is 6.74. The second-order valence-corrected chi connectivity index (χ2v) is 3.80. The molecule has 2 aromatic rings. The summed E-state index contributed by atoms with van der Waals surface area (Å²) in [6.45, 7) is 0.801. The van der Waals surface area contributed by atoms with Crippen molar-refractivity contribution in [1.29, 1.82) is 0 Å². The number of hydrogen-bond donors (Lipinski definition) is 0. The fourth-order valence-electron chi connectivity index (χ4n) is 1.17. The predicted octanol–water partition coefficient (Wildman–Crippen LogP) is 1.02. The Morgan fingerprint density at radius 3 is 2.86 bits per heavy atom. The average molecular weight is 256 g/mol. The minimum atomic E-state index is 0.801. The van der Waals surface area contributed by atoms with Gasteiger partial charge in [-0.25, -0.2) is 4.98 Å². The first-order valence-electron chi connectivity index (χ1n) is 4.27. The number of rotatable bonds is 3. The van der Waals surface area contributed by atoms with Crippen LogP contribution in [0.25, 0.3) is 0 Å². The Labute approximate surface area is 89.9 Å². The van der Waals surface area contributed by atoms with Crippen LogP contribution in [0.4, 0.5) is 0 Å². The smallest absolute Gasteiger partial charge is 0.152 e. The molecule has 5 nitrogen and oxygen atoms in total. The molecule has 0 N–H and O–H groups in total. The summed E-state index contributed by atoms with van der Waals surface area (Å²) in [7, 11) is 1.86. The molecule has 2 heterocycles. The molecule has 2 rings (SSSR count). The third-order valence-corrected chi connectivity index (χ3v) is 2.24. The third-order valence-electron chi connectivity index (χ3n) is 1.82. The van der Waals surface area contributed by atoms with Crippen molar-refractivity contribution in [2.24, 2.45) is 7.05 Å².